The molecule has 0 amide bonds. The van der Waals surface area contributed by atoms with E-state index >= 15 is 0 Å². The van der Waals surface area contributed by atoms with Crippen LogP contribution in [0, 0.1) is 5.92 Å². The fourth-order valence-electron chi connectivity index (χ4n) is 4.99. The van der Waals surface area contributed by atoms with Gasteiger partial charge in [-0.25, -0.2) is 4.79 Å². The second-order valence-electron chi connectivity index (χ2n) is 9.19. The van der Waals surface area contributed by atoms with E-state index in [0.29, 0.717) is 18.8 Å². The Bertz CT molecular complexity index is 1300. The van der Waals surface area contributed by atoms with Gasteiger partial charge in [0.1, 0.15) is 6.04 Å². The minimum atomic E-state index is -0.462. The first-order chi connectivity index (χ1) is 16.6. The van der Waals surface area contributed by atoms with Gasteiger partial charge in [-0.3, -0.25) is 18.9 Å². The van der Waals surface area contributed by atoms with Crippen molar-refractivity contribution in [3.8, 4) is 11.4 Å². The van der Waals surface area contributed by atoms with Crippen LogP contribution in [0.5, 0.6) is 0 Å². The number of nitrogens with one attached hydrogen (secondary N) is 1. The largest absolute Gasteiger partial charge is 0.329 e. The van der Waals surface area contributed by atoms with Crippen LogP contribution in [-0.4, -0.2) is 41.8 Å². The van der Waals surface area contributed by atoms with Gasteiger partial charge in [0.05, 0.1) is 0 Å². The number of unbranched alkanes of at least 4 members (excludes halogenated alkanes) is 1. The molecule has 5 rings (SSSR count). The number of H-pyrrole nitrogens is 1. The highest BCUT2D eigenvalue weighted by molar-refractivity contribution is 6.01. The minimum absolute atomic E-state index is 0.0464. The Balaban J connectivity index is 1.57. The molecule has 2 aromatic heterocycles. The molecule has 3 aromatic rings. The number of carbonyl (C=O) groups excluding carboxylic acids is 1. The summed E-state index contributed by atoms with van der Waals surface area (Å²) in [5.41, 5.74) is 2.31. The van der Waals surface area contributed by atoms with Crippen molar-refractivity contribution >= 4 is 12.0 Å². The standard InChI is InChI=1S/C25H29N7O2/c1-3-5-9-19-15-31(21-20(4-2)22(21)33)24(34)32(19)16-25(10-12-26-13-11-25)18-8-6-7-17(14-18)23-27-29-30-28-23/h6-8,10,12-15,20-21H,3-5,9,11,16H2,1-2H3,(H,27,28,29,30). The zero-order chi connectivity index (χ0) is 23.7. The number of aryl methyl sites for hydroxylation is 1. The number of benzene rings is 1. The number of hydrogen-bond acceptors (Lipinski definition) is 6. The number of hydrogen-bond donors (Lipinski definition) is 1. The summed E-state index contributed by atoms with van der Waals surface area (Å²) in [5, 5.41) is 14.4. The average Bonchev–Trinajstić information content (AvgIpc) is 3.19. The number of tetrazole rings is 1. The van der Waals surface area contributed by atoms with E-state index in [0.717, 1.165) is 42.5 Å². The molecule has 176 valence electrons. The number of aromatic amines is 1. The van der Waals surface area contributed by atoms with E-state index in [1.807, 2.05) is 36.0 Å². The number of aliphatic imine (C=N–C) groups is 1. The zero-order valence-electron chi connectivity index (χ0n) is 19.5. The minimum Gasteiger partial charge on any atom is -0.297 e. The summed E-state index contributed by atoms with van der Waals surface area (Å²) in [5.74, 6) is 0.640. The molecular formula is C25H29N7O2. The summed E-state index contributed by atoms with van der Waals surface area (Å²) in [6.45, 7) is 4.61. The molecule has 1 aliphatic heterocycles. The Kier molecular flexibility index (Phi) is 5.85. The molecule has 1 saturated carbocycles. The Morgan fingerprint density at radius 3 is 2.79 bits per heavy atom. The molecule has 0 radical (unpaired) electrons. The number of rotatable bonds is 9. The number of nitrogens with zero attached hydrogens (tertiary/aromatic N) is 6. The summed E-state index contributed by atoms with van der Waals surface area (Å²) in [4.78, 5) is 30.3. The summed E-state index contributed by atoms with van der Waals surface area (Å²) in [7, 11) is 0. The van der Waals surface area contributed by atoms with Crippen molar-refractivity contribution in [2.45, 2.75) is 64.0 Å². The second kappa shape index (κ2) is 8.96. The lowest BCUT2D eigenvalue weighted by Gasteiger charge is -2.32. The lowest BCUT2D eigenvalue weighted by molar-refractivity contribution is -0.111. The topological polar surface area (TPSA) is 111 Å². The molecule has 0 bridgehead atoms. The van der Waals surface area contributed by atoms with Crippen LogP contribution in [0.1, 0.15) is 56.8 Å². The summed E-state index contributed by atoms with van der Waals surface area (Å²) in [6, 6.07) is 7.72. The van der Waals surface area contributed by atoms with Gasteiger partial charge in [0, 0.05) is 47.7 Å². The van der Waals surface area contributed by atoms with Crippen LogP contribution in [-0.2, 0) is 23.2 Å². The first-order valence-corrected chi connectivity index (χ1v) is 12.0. The fraction of sp³-hybridized carbons (Fsp3) is 0.440. The van der Waals surface area contributed by atoms with E-state index in [1.54, 1.807) is 10.8 Å². The van der Waals surface area contributed by atoms with Gasteiger partial charge in [0.25, 0.3) is 0 Å². The highest BCUT2D eigenvalue weighted by Gasteiger charge is 2.50. The highest BCUT2D eigenvalue weighted by Crippen LogP contribution is 2.41. The number of aromatic nitrogens is 6. The van der Waals surface area contributed by atoms with Crippen molar-refractivity contribution in [2.24, 2.45) is 10.9 Å². The maximum atomic E-state index is 13.6. The molecule has 0 saturated heterocycles. The SMILES string of the molecule is CCCCc1cn(C2C(=O)C2CC)c(=O)n1CC1(c2cccc(-c3nn[nH]n3)c2)C=CN=CC1. The molecule has 1 fully saturated rings. The Labute approximate surface area is 197 Å². The van der Waals surface area contributed by atoms with Gasteiger partial charge in [0.2, 0.25) is 5.82 Å². The quantitative estimate of drug-likeness (QED) is 0.528. The van der Waals surface area contributed by atoms with Crippen molar-refractivity contribution in [1.29, 1.82) is 0 Å². The molecule has 2 aliphatic rings. The highest BCUT2D eigenvalue weighted by atomic mass is 16.2. The van der Waals surface area contributed by atoms with Crippen molar-refractivity contribution in [3.05, 3.63) is 64.5 Å². The molecule has 1 aliphatic carbocycles. The van der Waals surface area contributed by atoms with Crippen molar-refractivity contribution in [3.63, 3.8) is 0 Å². The third-order valence-corrected chi connectivity index (χ3v) is 7.06. The number of carbonyl (C=O) groups is 1. The third-order valence-electron chi connectivity index (χ3n) is 7.06. The van der Waals surface area contributed by atoms with Crippen LogP contribution in [0.3, 0.4) is 0 Å². The Hall–Kier alpha value is -3.62. The van der Waals surface area contributed by atoms with Gasteiger partial charge in [-0.2, -0.15) is 5.21 Å². The lowest BCUT2D eigenvalue weighted by Crippen LogP contribution is -2.37. The number of Topliss-reactive ketones (excluding diaryl/α,β-unsaturated/α-hetero) is 1. The number of allylic oxidation sites excluding steroid dienone is 1. The van der Waals surface area contributed by atoms with E-state index in [9.17, 15) is 9.59 Å². The number of imidazole rings is 1. The zero-order valence-corrected chi connectivity index (χ0v) is 19.5. The molecule has 0 spiro atoms. The maximum Gasteiger partial charge on any atom is 0.329 e. The van der Waals surface area contributed by atoms with Crippen LogP contribution in [0.4, 0.5) is 0 Å². The smallest absolute Gasteiger partial charge is 0.297 e. The third kappa shape index (κ3) is 3.85. The van der Waals surface area contributed by atoms with Crippen LogP contribution < -0.4 is 5.69 Å². The van der Waals surface area contributed by atoms with E-state index in [4.69, 9.17) is 0 Å². The molecular weight excluding hydrogens is 430 g/mol. The molecule has 3 unspecified atom stereocenters. The first kappa shape index (κ1) is 22.2. The molecule has 1 aromatic carbocycles. The molecule has 34 heavy (non-hydrogen) atoms. The summed E-state index contributed by atoms with van der Waals surface area (Å²) >= 11 is 0. The predicted molar refractivity (Wildman–Crippen MR) is 129 cm³/mol. The fourth-order valence-corrected chi connectivity index (χ4v) is 4.99. The molecule has 3 atom stereocenters. The van der Waals surface area contributed by atoms with Crippen LogP contribution in [0.2, 0.25) is 0 Å². The van der Waals surface area contributed by atoms with E-state index in [2.05, 4.69) is 50.7 Å². The van der Waals surface area contributed by atoms with E-state index in [-0.39, 0.29) is 23.4 Å². The first-order valence-electron chi connectivity index (χ1n) is 12.0. The van der Waals surface area contributed by atoms with Crippen molar-refractivity contribution in [1.82, 2.24) is 29.8 Å². The molecule has 3 heterocycles. The van der Waals surface area contributed by atoms with Crippen molar-refractivity contribution < 1.29 is 4.79 Å². The van der Waals surface area contributed by atoms with Gasteiger partial charge in [-0.15, -0.1) is 10.2 Å². The maximum absolute atomic E-state index is 13.6. The summed E-state index contributed by atoms with van der Waals surface area (Å²) in [6.07, 6.45) is 11.9. The summed E-state index contributed by atoms with van der Waals surface area (Å²) < 4.78 is 3.55. The molecule has 1 N–H and O–H groups in total. The van der Waals surface area contributed by atoms with Gasteiger partial charge >= 0.3 is 5.69 Å². The monoisotopic (exact) mass is 459 g/mol. The van der Waals surface area contributed by atoms with Gasteiger partial charge in [-0.1, -0.05) is 44.5 Å². The second-order valence-corrected chi connectivity index (χ2v) is 9.19. The van der Waals surface area contributed by atoms with Crippen LogP contribution >= 0.6 is 0 Å². The van der Waals surface area contributed by atoms with E-state index < -0.39 is 5.41 Å². The molecule has 9 heteroatoms. The van der Waals surface area contributed by atoms with Crippen molar-refractivity contribution in [2.75, 3.05) is 0 Å². The van der Waals surface area contributed by atoms with Gasteiger partial charge in [0.15, 0.2) is 5.78 Å². The Morgan fingerprint density at radius 2 is 2.12 bits per heavy atom. The van der Waals surface area contributed by atoms with Crippen LogP contribution in [0.15, 0.2) is 52.5 Å². The average molecular weight is 460 g/mol. The van der Waals surface area contributed by atoms with E-state index in [1.165, 1.54) is 0 Å². The Morgan fingerprint density at radius 1 is 1.24 bits per heavy atom. The predicted octanol–water partition coefficient (Wildman–Crippen LogP) is 3.25. The number of ketones is 1. The van der Waals surface area contributed by atoms with Gasteiger partial charge in [-0.05, 0) is 42.5 Å². The molecule has 9 nitrogen and oxygen atoms in total. The lowest BCUT2D eigenvalue weighted by atomic mass is 9.76. The van der Waals surface area contributed by atoms with Gasteiger partial charge < -0.3 is 0 Å². The normalized spacial score (nSPS) is 23.5. The van der Waals surface area contributed by atoms with Crippen LogP contribution in [0.25, 0.3) is 11.4 Å².